The van der Waals surface area contributed by atoms with Gasteiger partial charge in [-0.2, -0.15) is 5.26 Å². The molecule has 8 aromatic rings. The van der Waals surface area contributed by atoms with Gasteiger partial charge in [-0.05, 0) is 103 Å². The van der Waals surface area contributed by atoms with Crippen LogP contribution in [0.2, 0.25) is 0 Å². The SMILES string of the molecule is Cc1ccc(-c2c3ccc([nH]3)c3nc(c(-c4ccc(C#N)cc4)c4ccc([nH]4)c4ccc([nH]4)c(-c4ccc(C)cc4)c4ccc2o4)C=C3)cc1. The number of fused-ring (bicyclic) bond motifs is 12. The van der Waals surface area contributed by atoms with Gasteiger partial charge in [0.1, 0.15) is 11.2 Å². The maximum absolute atomic E-state index is 9.47. The standard InChI is InChI=1S/C44H31N5O/c1-26-3-9-30(10-4-26)43-38-21-17-34(48-38)32-15-19-36(46-32)42(29-13-7-28(25-45)8-14-29)37-20-16-33(47-37)35-18-22-39(49-35)44(41-24-23-40(43)50-41)31-11-5-27(2)6-12-31/h3-24,46,48-49H,1-2H3. The number of nitrogens with zero attached hydrogens (tertiary/aromatic N) is 2. The molecular formula is C44H31N5O. The Balaban J connectivity index is 1.43. The van der Waals surface area contributed by atoms with Crippen molar-refractivity contribution < 1.29 is 4.42 Å². The summed E-state index contributed by atoms with van der Waals surface area (Å²) in [6, 6.07) is 43.7. The first kappa shape index (κ1) is 29.3. The molecule has 0 aliphatic carbocycles. The van der Waals surface area contributed by atoms with Gasteiger partial charge in [-0.25, -0.2) is 4.98 Å². The second-order valence-corrected chi connectivity index (χ2v) is 12.8. The number of aromatic amines is 3. The van der Waals surface area contributed by atoms with E-state index in [9.17, 15) is 5.26 Å². The maximum Gasteiger partial charge on any atom is 0.137 e. The zero-order valence-corrected chi connectivity index (χ0v) is 27.5. The lowest BCUT2D eigenvalue weighted by Crippen LogP contribution is -1.86. The number of H-pyrrole nitrogens is 3. The number of aromatic nitrogens is 4. The minimum absolute atomic E-state index is 0.611. The topological polar surface area (TPSA) is 97.2 Å². The molecule has 0 atom stereocenters. The van der Waals surface area contributed by atoms with Crippen molar-refractivity contribution in [1.82, 2.24) is 19.9 Å². The third-order valence-corrected chi connectivity index (χ3v) is 9.41. The summed E-state index contributed by atoms with van der Waals surface area (Å²) < 4.78 is 6.83. The van der Waals surface area contributed by atoms with E-state index in [1.54, 1.807) is 0 Å². The molecule has 238 valence electrons. The van der Waals surface area contributed by atoms with E-state index in [1.165, 1.54) is 11.1 Å². The van der Waals surface area contributed by atoms with Crippen molar-refractivity contribution in [1.29, 1.82) is 5.26 Å². The molecule has 0 saturated carbocycles. The summed E-state index contributed by atoms with van der Waals surface area (Å²) in [6.45, 7) is 4.19. The Labute approximate surface area is 288 Å². The van der Waals surface area contributed by atoms with Crippen LogP contribution in [-0.4, -0.2) is 19.9 Å². The summed E-state index contributed by atoms with van der Waals surface area (Å²) in [5, 5.41) is 9.47. The molecule has 1 aliphatic rings. The summed E-state index contributed by atoms with van der Waals surface area (Å²) in [7, 11) is 0. The summed E-state index contributed by atoms with van der Waals surface area (Å²) in [5.41, 5.74) is 17.7. The van der Waals surface area contributed by atoms with Crippen molar-refractivity contribution in [3.05, 3.63) is 149 Å². The molecule has 9 rings (SSSR count). The van der Waals surface area contributed by atoms with Crippen LogP contribution in [0.3, 0.4) is 0 Å². The van der Waals surface area contributed by atoms with Crippen LogP contribution < -0.4 is 0 Å². The van der Waals surface area contributed by atoms with Gasteiger partial charge in [0.05, 0.1) is 50.6 Å². The van der Waals surface area contributed by atoms with Gasteiger partial charge in [-0.1, -0.05) is 71.8 Å². The highest BCUT2D eigenvalue weighted by Crippen LogP contribution is 2.36. The molecule has 10 bridgehead atoms. The van der Waals surface area contributed by atoms with Crippen LogP contribution in [0.1, 0.15) is 28.1 Å². The molecule has 6 heterocycles. The number of hydrogen-bond donors (Lipinski definition) is 3. The number of benzene rings is 3. The molecule has 6 nitrogen and oxygen atoms in total. The Morgan fingerprint density at radius 2 is 0.880 bits per heavy atom. The maximum atomic E-state index is 9.47. The molecule has 5 aromatic heterocycles. The second-order valence-electron chi connectivity index (χ2n) is 12.8. The lowest BCUT2D eigenvalue weighted by atomic mass is 10.0. The molecule has 0 spiro atoms. The van der Waals surface area contributed by atoms with Gasteiger partial charge in [0, 0.05) is 22.2 Å². The third kappa shape index (κ3) is 5.09. The van der Waals surface area contributed by atoms with Crippen molar-refractivity contribution in [2.45, 2.75) is 13.8 Å². The molecule has 0 fully saturated rings. The molecule has 0 unspecified atom stereocenters. The number of furan rings is 1. The first-order valence-electron chi connectivity index (χ1n) is 16.6. The van der Waals surface area contributed by atoms with Crippen molar-refractivity contribution >= 4 is 56.4 Å². The first-order valence-corrected chi connectivity index (χ1v) is 16.6. The second kappa shape index (κ2) is 11.7. The van der Waals surface area contributed by atoms with Gasteiger partial charge < -0.3 is 19.4 Å². The molecule has 1 aliphatic heterocycles. The number of nitriles is 1. The Hall–Kier alpha value is -6.84. The van der Waals surface area contributed by atoms with Gasteiger partial charge in [-0.15, -0.1) is 0 Å². The zero-order chi connectivity index (χ0) is 33.8. The largest absolute Gasteiger partial charge is 0.456 e. The highest BCUT2D eigenvalue weighted by atomic mass is 16.3. The first-order chi connectivity index (χ1) is 24.5. The van der Waals surface area contributed by atoms with Crippen LogP contribution in [0.25, 0.3) is 89.8 Å². The average molecular weight is 646 g/mol. The number of nitrogens with one attached hydrogen (secondary N) is 3. The van der Waals surface area contributed by atoms with Crippen LogP contribution in [0.5, 0.6) is 0 Å². The zero-order valence-electron chi connectivity index (χ0n) is 27.5. The van der Waals surface area contributed by atoms with Gasteiger partial charge in [0.2, 0.25) is 0 Å². The highest BCUT2D eigenvalue weighted by molar-refractivity contribution is 5.99. The molecule has 0 amide bonds. The Kier molecular flexibility index (Phi) is 6.85. The fourth-order valence-electron chi connectivity index (χ4n) is 6.80. The van der Waals surface area contributed by atoms with E-state index in [2.05, 4.69) is 138 Å². The lowest BCUT2D eigenvalue weighted by molar-refractivity contribution is 0.668. The van der Waals surface area contributed by atoms with Crippen molar-refractivity contribution in [2.24, 2.45) is 0 Å². The van der Waals surface area contributed by atoms with Crippen LogP contribution >= 0.6 is 0 Å². The minimum Gasteiger partial charge on any atom is -0.456 e. The van der Waals surface area contributed by atoms with E-state index in [0.717, 1.165) is 89.0 Å². The average Bonchev–Trinajstić information content (AvgIpc) is 3.98. The van der Waals surface area contributed by atoms with Crippen molar-refractivity contribution in [2.75, 3.05) is 0 Å². The minimum atomic E-state index is 0.611. The van der Waals surface area contributed by atoms with E-state index in [4.69, 9.17) is 9.40 Å². The lowest BCUT2D eigenvalue weighted by Gasteiger charge is -2.04. The normalized spacial score (nSPS) is 11.7. The Morgan fingerprint density at radius 1 is 0.460 bits per heavy atom. The molecule has 3 N–H and O–H groups in total. The van der Waals surface area contributed by atoms with Gasteiger partial charge >= 0.3 is 0 Å². The number of hydrogen-bond acceptors (Lipinski definition) is 3. The van der Waals surface area contributed by atoms with E-state index < -0.39 is 0 Å². The summed E-state index contributed by atoms with van der Waals surface area (Å²) >= 11 is 0. The molecule has 0 radical (unpaired) electrons. The van der Waals surface area contributed by atoms with Crippen molar-refractivity contribution in [3.8, 4) is 39.4 Å². The highest BCUT2D eigenvalue weighted by Gasteiger charge is 2.15. The predicted molar refractivity (Wildman–Crippen MR) is 204 cm³/mol. The van der Waals surface area contributed by atoms with Crippen LogP contribution in [0.15, 0.2) is 126 Å². The Bertz CT molecular complexity index is 2820. The van der Waals surface area contributed by atoms with E-state index >= 15 is 0 Å². The molecular weight excluding hydrogens is 615 g/mol. The van der Waals surface area contributed by atoms with E-state index in [-0.39, 0.29) is 0 Å². The summed E-state index contributed by atoms with van der Waals surface area (Å²) in [4.78, 5) is 16.2. The summed E-state index contributed by atoms with van der Waals surface area (Å²) in [5.74, 6) is 0. The Morgan fingerprint density at radius 3 is 1.42 bits per heavy atom. The quantitative estimate of drug-likeness (QED) is 0.178. The van der Waals surface area contributed by atoms with Crippen LogP contribution in [0, 0.1) is 25.2 Å². The van der Waals surface area contributed by atoms with Crippen LogP contribution in [0.4, 0.5) is 0 Å². The number of aryl methyl sites for hydroxylation is 2. The van der Waals surface area contributed by atoms with Gasteiger partial charge in [0.25, 0.3) is 0 Å². The molecule has 6 heteroatoms. The van der Waals surface area contributed by atoms with Gasteiger partial charge in [-0.3, -0.25) is 0 Å². The molecule has 0 saturated heterocycles. The van der Waals surface area contributed by atoms with Crippen molar-refractivity contribution in [3.63, 3.8) is 0 Å². The smallest absolute Gasteiger partial charge is 0.137 e. The fraction of sp³-hybridized carbons (Fsp3) is 0.0455. The summed E-state index contributed by atoms with van der Waals surface area (Å²) in [6.07, 6.45) is 4.10. The fourth-order valence-corrected chi connectivity index (χ4v) is 6.80. The predicted octanol–water partition coefficient (Wildman–Crippen LogP) is 11.5. The molecule has 3 aromatic carbocycles. The third-order valence-electron chi connectivity index (χ3n) is 9.41. The monoisotopic (exact) mass is 645 g/mol. The van der Waals surface area contributed by atoms with Gasteiger partial charge in [0.15, 0.2) is 0 Å². The molecule has 50 heavy (non-hydrogen) atoms. The van der Waals surface area contributed by atoms with Crippen LogP contribution in [-0.2, 0) is 0 Å². The van der Waals surface area contributed by atoms with E-state index in [1.807, 2.05) is 30.3 Å². The van der Waals surface area contributed by atoms with E-state index in [0.29, 0.717) is 5.56 Å². The number of rotatable bonds is 3.